The maximum atomic E-state index is 11.4. The maximum absolute atomic E-state index is 11.4. The number of thioether (sulfide) groups is 1. The van der Waals surface area contributed by atoms with Gasteiger partial charge in [-0.2, -0.15) is 17.0 Å². The fourth-order valence-corrected chi connectivity index (χ4v) is 1.13. The summed E-state index contributed by atoms with van der Waals surface area (Å²) in [6.07, 6.45) is 2.99. The second-order valence-electron chi connectivity index (χ2n) is 3.83. The molecule has 14 heavy (non-hydrogen) atoms. The van der Waals surface area contributed by atoms with Crippen LogP contribution in [0.4, 0.5) is 0 Å². The third-order valence-corrected chi connectivity index (χ3v) is 3.13. The summed E-state index contributed by atoms with van der Waals surface area (Å²) in [7, 11) is 0. The highest BCUT2D eigenvalue weighted by Crippen LogP contribution is 2.13. The number of carbonyl (C=O) groups excluding carboxylic acids is 1. The SMILES string of the molecule is CSC(C)CCNC(=O)C(C)(C)C#N. The predicted molar refractivity (Wildman–Crippen MR) is 60.0 cm³/mol. The number of carbonyl (C=O) groups is 1. The van der Waals surface area contributed by atoms with E-state index in [1.165, 1.54) is 0 Å². The first-order valence-corrected chi connectivity index (χ1v) is 5.95. The smallest absolute Gasteiger partial charge is 0.239 e. The molecular weight excluding hydrogens is 196 g/mol. The van der Waals surface area contributed by atoms with Crippen LogP contribution in [0.25, 0.3) is 0 Å². The maximum Gasteiger partial charge on any atom is 0.239 e. The second kappa shape index (κ2) is 5.92. The van der Waals surface area contributed by atoms with E-state index in [1.807, 2.05) is 12.3 Å². The van der Waals surface area contributed by atoms with E-state index < -0.39 is 5.41 Å². The minimum Gasteiger partial charge on any atom is -0.355 e. The Hall–Kier alpha value is -0.690. The summed E-state index contributed by atoms with van der Waals surface area (Å²) in [6, 6.07) is 1.98. The molecule has 80 valence electrons. The number of hydrogen-bond acceptors (Lipinski definition) is 3. The average Bonchev–Trinajstić information content (AvgIpc) is 2.17. The molecule has 0 aromatic heterocycles. The standard InChI is InChI=1S/C10H18N2OS/c1-8(14-4)5-6-12-9(13)10(2,3)7-11/h8H,5-6H2,1-4H3,(H,12,13). The molecule has 0 radical (unpaired) electrons. The topological polar surface area (TPSA) is 52.9 Å². The van der Waals surface area contributed by atoms with E-state index in [4.69, 9.17) is 5.26 Å². The Morgan fingerprint density at radius 3 is 2.64 bits per heavy atom. The van der Waals surface area contributed by atoms with E-state index in [9.17, 15) is 4.79 Å². The van der Waals surface area contributed by atoms with Gasteiger partial charge in [0.25, 0.3) is 0 Å². The Morgan fingerprint density at radius 1 is 1.64 bits per heavy atom. The quantitative estimate of drug-likeness (QED) is 0.759. The summed E-state index contributed by atoms with van der Waals surface area (Å²) in [4.78, 5) is 11.4. The molecule has 0 aliphatic carbocycles. The van der Waals surface area contributed by atoms with E-state index in [0.29, 0.717) is 11.8 Å². The fourth-order valence-electron chi connectivity index (χ4n) is 0.779. The van der Waals surface area contributed by atoms with E-state index >= 15 is 0 Å². The predicted octanol–water partition coefficient (Wildman–Crippen LogP) is 1.79. The fraction of sp³-hybridized carbons (Fsp3) is 0.800. The van der Waals surface area contributed by atoms with Gasteiger partial charge >= 0.3 is 0 Å². The molecule has 3 nitrogen and oxygen atoms in total. The van der Waals surface area contributed by atoms with Gasteiger partial charge in [-0.25, -0.2) is 0 Å². The molecule has 0 saturated heterocycles. The molecule has 1 amide bonds. The lowest BCUT2D eigenvalue weighted by Gasteiger charge is -2.15. The number of nitriles is 1. The van der Waals surface area contributed by atoms with Gasteiger partial charge in [0, 0.05) is 11.8 Å². The first-order chi connectivity index (χ1) is 6.44. The lowest BCUT2D eigenvalue weighted by atomic mass is 9.95. The van der Waals surface area contributed by atoms with Crippen LogP contribution in [0.2, 0.25) is 0 Å². The van der Waals surface area contributed by atoms with Gasteiger partial charge < -0.3 is 5.32 Å². The molecule has 0 spiro atoms. The summed E-state index contributed by atoms with van der Waals surface area (Å²) in [6.45, 7) is 6.01. The van der Waals surface area contributed by atoms with Crippen LogP contribution >= 0.6 is 11.8 Å². The average molecular weight is 214 g/mol. The molecule has 1 unspecified atom stereocenters. The van der Waals surface area contributed by atoms with E-state index in [0.717, 1.165) is 6.42 Å². The van der Waals surface area contributed by atoms with Crippen molar-refractivity contribution in [2.45, 2.75) is 32.4 Å². The highest BCUT2D eigenvalue weighted by Gasteiger charge is 2.26. The van der Waals surface area contributed by atoms with Crippen LogP contribution in [0.3, 0.4) is 0 Å². The van der Waals surface area contributed by atoms with Crippen molar-refractivity contribution >= 4 is 17.7 Å². The van der Waals surface area contributed by atoms with Crippen molar-refractivity contribution in [1.29, 1.82) is 5.26 Å². The van der Waals surface area contributed by atoms with Crippen molar-refractivity contribution in [2.24, 2.45) is 5.41 Å². The van der Waals surface area contributed by atoms with Gasteiger partial charge in [-0.1, -0.05) is 6.92 Å². The number of nitrogens with zero attached hydrogens (tertiary/aromatic N) is 1. The van der Waals surface area contributed by atoms with E-state index in [-0.39, 0.29) is 5.91 Å². The van der Waals surface area contributed by atoms with Gasteiger partial charge in [0.2, 0.25) is 5.91 Å². The lowest BCUT2D eigenvalue weighted by molar-refractivity contribution is -0.126. The molecule has 0 saturated carbocycles. The Morgan fingerprint density at radius 2 is 2.21 bits per heavy atom. The third-order valence-electron chi connectivity index (χ3n) is 2.09. The zero-order valence-electron chi connectivity index (χ0n) is 9.26. The van der Waals surface area contributed by atoms with Gasteiger partial charge in [0.1, 0.15) is 5.41 Å². The van der Waals surface area contributed by atoms with Gasteiger partial charge in [-0.15, -0.1) is 0 Å². The molecule has 0 bridgehead atoms. The van der Waals surface area contributed by atoms with Gasteiger partial charge in [-0.05, 0) is 26.5 Å². The van der Waals surface area contributed by atoms with Crippen LogP contribution in [0.5, 0.6) is 0 Å². The van der Waals surface area contributed by atoms with Gasteiger partial charge in [-0.3, -0.25) is 4.79 Å². The Balaban J connectivity index is 3.82. The minimum absolute atomic E-state index is 0.187. The molecular formula is C10H18N2OS. The number of amides is 1. The molecule has 0 heterocycles. The molecule has 0 fully saturated rings. The first kappa shape index (κ1) is 13.3. The molecule has 1 atom stereocenters. The van der Waals surface area contributed by atoms with Gasteiger partial charge in [0.05, 0.1) is 6.07 Å². The molecule has 0 aliphatic rings. The van der Waals surface area contributed by atoms with Crippen molar-refractivity contribution in [3.05, 3.63) is 0 Å². The van der Waals surface area contributed by atoms with Crippen LogP contribution in [-0.2, 0) is 4.79 Å². The Kier molecular flexibility index (Phi) is 5.63. The molecule has 0 aliphatic heterocycles. The van der Waals surface area contributed by atoms with Crippen LogP contribution < -0.4 is 5.32 Å². The van der Waals surface area contributed by atoms with Crippen molar-refractivity contribution < 1.29 is 4.79 Å². The number of hydrogen-bond donors (Lipinski definition) is 1. The van der Waals surface area contributed by atoms with Crippen molar-refractivity contribution in [2.75, 3.05) is 12.8 Å². The molecule has 0 aromatic rings. The molecule has 1 N–H and O–H groups in total. The minimum atomic E-state index is -0.914. The summed E-state index contributed by atoms with van der Waals surface area (Å²) >= 11 is 1.77. The first-order valence-electron chi connectivity index (χ1n) is 4.66. The van der Waals surface area contributed by atoms with Gasteiger partial charge in [0.15, 0.2) is 0 Å². The molecule has 0 rings (SSSR count). The Bertz CT molecular complexity index is 233. The number of rotatable bonds is 5. The van der Waals surface area contributed by atoms with Crippen LogP contribution in [0, 0.1) is 16.7 Å². The van der Waals surface area contributed by atoms with Crippen LogP contribution in [0.1, 0.15) is 27.2 Å². The summed E-state index contributed by atoms with van der Waals surface area (Å²) in [5.41, 5.74) is -0.914. The van der Waals surface area contributed by atoms with E-state index in [2.05, 4.69) is 12.2 Å². The van der Waals surface area contributed by atoms with E-state index in [1.54, 1.807) is 25.6 Å². The summed E-state index contributed by atoms with van der Waals surface area (Å²) in [5.74, 6) is -0.187. The summed E-state index contributed by atoms with van der Waals surface area (Å²) < 4.78 is 0. The lowest BCUT2D eigenvalue weighted by Crippen LogP contribution is -2.36. The van der Waals surface area contributed by atoms with Crippen molar-refractivity contribution in [3.63, 3.8) is 0 Å². The molecule has 4 heteroatoms. The second-order valence-corrected chi connectivity index (χ2v) is 5.10. The monoisotopic (exact) mass is 214 g/mol. The highest BCUT2D eigenvalue weighted by molar-refractivity contribution is 7.99. The Labute approximate surface area is 90.3 Å². The molecule has 0 aromatic carbocycles. The largest absolute Gasteiger partial charge is 0.355 e. The van der Waals surface area contributed by atoms with Crippen LogP contribution in [-0.4, -0.2) is 24.0 Å². The summed E-state index contributed by atoms with van der Waals surface area (Å²) in [5, 5.41) is 12.0. The number of nitrogens with one attached hydrogen (secondary N) is 1. The van der Waals surface area contributed by atoms with Crippen molar-refractivity contribution in [1.82, 2.24) is 5.32 Å². The van der Waals surface area contributed by atoms with Crippen molar-refractivity contribution in [3.8, 4) is 6.07 Å². The third kappa shape index (κ3) is 4.52. The zero-order valence-corrected chi connectivity index (χ0v) is 10.1. The van der Waals surface area contributed by atoms with Crippen LogP contribution in [0.15, 0.2) is 0 Å². The normalized spacial score (nSPS) is 13.1. The zero-order chi connectivity index (χ0) is 11.2. The highest BCUT2D eigenvalue weighted by atomic mass is 32.2.